The zero-order valence-corrected chi connectivity index (χ0v) is 25.3. The third-order valence-electron chi connectivity index (χ3n) is 7.67. The van der Waals surface area contributed by atoms with Gasteiger partial charge in [0.05, 0.1) is 18.2 Å². The number of esters is 1. The highest BCUT2D eigenvalue weighted by atomic mass is 16.5. The van der Waals surface area contributed by atoms with Crippen molar-refractivity contribution in [1.29, 1.82) is 0 Å². The molecular formula is C38H45NO3. The number of aliphatic imine (C=N–C) groups is 1. The van der Waals surface area contributed by atoms with Gasteiger partial charge in [-0.05, 0) is 83.8 Å². The van der Waals surface area contributed by atoms with Gasteiger partial charge in [-0.15, -0.1) is 0 Å². The Morgan fingerprint density at radius 1 is 0.714 bits per heavy atom. The van der Waals surface area contributed by atoms with Crippen LogP contribution in [0, 0.1) is 0 Å². The van der Waals surface area contributed by atoms with E-state index in [2.05, 4.69) is 56.3 Å². The maximum Gasteiger partial charge on any atom is 0.343 e. The number of carbonyl (C=O) groups excluding carboxylic acids is 1. The number of fused-ring (bicyclic) bond motifs is 1. The van der Waals surface area contributed by atoms with E-state index in [1.807, 2.05) is 30.5 Å². The van der Waals surface area contributed by atoms with Crippen LogP contribution in [0.5, 0.6) is 11.5 Å². The molecule has 4 aromatic carbocycles. The summed E-state index contributed by atoms with van der Waals surface area (Å²) in [4.78, 5) is 17.4. The van der Waals surface area contributed by atoms with Gasteiger partial charge in [0.15, 0.2) is 0 Å². The Balaban J connectivity index is 1.17. The molecule has 0 aliphatic heterocycles. The lowest BCUT2D eigenvalue weighted by atomic mass is 10.00. The fourth-order valence-electron chi connectivity index (χ4n) is 5.15. The Morgan fingerprint density at radius 3 is 2.05 bits per heavy atom. The van der Waals surface area contributed by atoms with E-state index in [1.54, 1.807) is 24.3 Å². The van der Waals surface area contributed by atoms with Gasteiger partial charge in [-0.2, -0.15) is 0 Å². The molecule has 4 heteroatoms. The number of benzene rings is 4. The largest absolute Gasteiger partial charge is 0.494 e. The van der Waals surface area contributed by atoms with E-state index in [0.29, 0.717) is 17.9 Å². The highest BCUT2D eigenvalue weighted by molar-refractivity contribution is 5.91. The van der Waals surface area contributed by atoms with Crippen molar-refractivity contribution < 1.29 is 14.3 Å². The molecule has 0 bridgehead atoms. The Kier molecular flexibility index (Phi) is 12.7. The summed E-state index contributed by atoms with van der Waals surface area (Å²) >= 11 is 0. The zero-order valence-electron chi connectivity index (χ0n) is 25.3. The second kappa shape index (κ2) is 17.1. The summed E-state index contributed by atoms with van der Waals surface area (Å²) < 4.78 is 11.5. The van der Waals surface area contributed by atoms with Crippen LogP contribution in [0.2, 0.25) is 0 Å². The van der Waals surface area contributed by atoms with Crippen molar-refractivity contribution in [2.24, 2.45) is 4.99 Å². The molecule has 0 saturated carbocycles. The first-order valence-electron chi connectivity index (χ1n) is 15.7. The van der Waals surface area contributed by atoms with Crippen molar-refractivity contribution in [1.82, 2.24) is 0 Å². The number of rotatable bonds is 17. The van der Waals surface area contributed by atoms with Gasteiger partial charge in [-0.1, -0.05) is 107 Å². The smallest absolute Gasteiger partial charge is 0.343 e. The second-order valence-electron chi connectivity index (χ2n) is 11.0. The third kappa shape index (κ3) is 9.87. The summed E-state index contributed by atoms with van der Waals surface area (Å²) in [6, 6.07) is 29.3. The van der Waals surface area contributed by atoms with Crippen LogP contribution in [0.4, 0.5) is 0 Å². The molecule has 0 aromatic heterocycles. The summed E-state index contributed by atoms with van der Waals surface area (Å²) in [6.07, 6.45) is 14.9. The molecule has 4 nitrogen and oxygen atoms in total. The molecule has 0 aliphatic rings. The highest BCUT2D eigenvalue weighted by Crippen LogP contribution is 2.26. The van der Waals surface area contributed by atoms with Crippen LogP contribution in [0.25, 0.3) is 10.8 Å². The second-order valence-corrected chi connectivity index (χ2v) is 11.0. The lowest BCUT2D eigenvalue weighted by Gasteiger charge is -2.10. The summed E-state index contributed by atoms with van der Waals surface area (Å²) in [5.41, 5.74) is 2.65. The number of unbranched alkanes of at least 4 members (excludes halogenated alkanes) is 9. The monoisotopic (exact) mass is 563 g/mol. The summed E-state index contributed by atoms with van der Waals surface area (Å²) in [6.45, 7) is 5.07. The van der Waals surface area contributed by atoms with Crippen LogP contribution in [-0.2, 0) is 0 Å². The van der Waals surface area contributed by atoms with Gasteiger partial charge in [0.25, 0.3) is 0 Å². The van der Waals surface area contributed by atoms with Crippen molar-refractivity contribution in [3.8, 4) is 11.5 Å². The summed E-state index contributed by atoms with van der Waals surface area (Å²) in [5.74, 6) is 0.895. The SMILES string of the molecule is CCCCCCCCCCCCOc1ccc(C(=O)Oc2ccc(C=N[C@H](C)c3cccc4ccccc34)cc2)cc1. The molecular weight excluding hydrogens is 518 g/mol. The van der Waals surface area contributed by atoms with Gasteiger partial charge in [0.2, 0.25) is 0 Å². The molecule has 0 saturated heterocycles. The summed E-state index contributed by atoms with van der Waals surface area (Å²) in [7, 11) is 0. The first-order chi connectivity index (χ1) is 20.6. The Hall–Kier alpha value is -3.92. The van der Waals surface area contributed by atoms with Crippen LogP contribution in [-0.4, -0.2) is 18.8 Å². The van der Waals surface area contributed by atoms with E-state index in [4.69, 9.17) is 14.5 Å². The van der Waals surface area contributed by atoms with Crippen LogP contribution < -0.4 is 9.47 Å². The minimum absolute atomic E-state index is 0.0236. The lowest BCUT2D eigenvalue weighted by molar-refractivity contribution is 0.0734. The number of ether oxygens (including phenoxy) is 2. The van der Waals surface area contributed by atoms with Crippen molar-refractivity contribution in [3.05, 3.63) is 108 Å². The van der Waals surface area contributed by atoms with E-state index in [0.717, 1.165) is 17.7 Å². The molecule has 1 atom stereocenters. The Morgan fingerprint density at radius 2 is 1.33 bits per heavy atom. The molecule has 42 heavy (non-hydrogen) atoms. The van der Waals surface area contributed by atoms with Gasteiger partial charge in [0.1, 0.15) is 11.5 Å². The van der Waals surface area contributed by atoms with E-state index < -0.39 is 0 Å². The standard InChI is InChI=1S/C38H45NO3/c1-3-4-5-6-7-8-9-10-11-14-28-41-34-26-22-33(23-27-34)38(40)42-35-24-20-31(21-25-35)29-39-30(2)36-19-15-17-32-16-12-13-18-37(32)36/h12-13,15-27,29-30H,3-11,14,28H2,1-2H3/t30-/m1/s1. The van der Waals surface area contributed by atoms with Gasteiger partial charge >= 0.3 is 5.97 Å². The molecule has 0 heterocycles. The fraction of sp³-hybridized carbons (Fsp3) is 0.368. The van der Waals surface area contributed by atoms with Crippen LogP contribution in [0.15, 0.2) is 96.0 Å². The van der Waals surface area contributed by atoms with Crippen LogP contribution >= 0.6 is 0 Å². The predicted molar refractivity (Wildman–Crippen MR) is 175 cm³/mol. The molecule has 4 rings (SSSR count). The molecule has 0 amide bonds. The highest BCUT2D eigenvalue weighted by Gasteiger charge is 2.10. The van der Waals surface area contributed by atoms with E-state index in [-0.39, 0.29) is 12.0 Å². The lowest BCUT2D eigenvalue weighted by Crippen LogP contribution is -2.08. The minimum Gasteiger partial charge on any atom is -0.494 e. The maximum absolute atomic E-state index is 12.7. The Bertz CT molecular complexity index is 1390. The third-order valence-corrected chi connectivity index (χ3v) is 7.67. The number of hydrogen-bond acceptors (Lipinski definition) is 4. The minimum atomic E-state index is -0.387. The molecule has 0 aliphatic carbocycles. The fourth-order valence-corrected chi connectivity index (χ4v) is 5.15. The van der Waals surface area contributed by atoms with Gasteiger partial charge in [-0.25, -0.2) is 4.79 Å². The predicted octanol–water partition coefficient (Wildman–Crippen LogP) is 10.5. The average Bonchev–Trinajstić information content (AvgIpc) is 3.03. The molecule has 0 unspecified atom stereocenters. The molecule has 4 aromatic rings. The first kappa shape index (κ1) is 31.0. The van der Waals surface area contributed by atoms with Crippen molar-refractivity contribution in [2.75, 3.05) is 6.61 Å². The van der Waals surface area contributed by atoms with E-state index in [9.17, 15) is 4.79 Å². The molecule has 0 radical (unpaired) electrons. The van der Waals surface area contributed by atoms with Crippen molar-refractivity contribution in [3.63, 3.8) is 0 Å². The Labute approximate surface area is 251 Å². The van der Waals surface area contributed by atoms with Crippen molar-refractivity contribution in [2.45, 2.75) is 84.1 Å². The van der Waals surface area contributed by atoms with E-state index in [1.165, 1.54) is 74.1 Å². The maximum atomic E-state index is 12.7. The molecule has 0 fully saturated rings. The first-order valence-corrected chi connectivity index (χ1v) is 15.7. The van der Waals surface area contributed by atoms with Crippen molar-refractivity contribution >= 4 is 23.0 Å². The number of hydrogen-bond donors (Lipinski definition) is 0. The van der Waals surface area contributed by atoms with Crippen LogP contribution in [0.1, 0.15) is 106 Å². The quantitative estimate of drug-likeness (QED) is 0.0555. The van der Waals surface area contributed by atoms with Gasteiger partial charge in [-0.3, -0.25) is 4.99 Å². The topological polar surface area (TPSA) is 47.9 Å². The number of nitrogens with zero attached hydrogens (tertiary/aromatic N) is 1. The average molecular weight is 564 g/mol. The van der Waals surface area contributed by atoms with Gasteiger partial charge < -0.3 is 9.47 Å². The molecule has 0 N–H and O–H groups in total. The number of carbonyl (C=O) groups is 1. The zero-order chi connectivity index (χ0) is 29.4. The molecule has 220 valence electrons. The van der Waals surface area contributed by atoms with Crippen LogP contribution in [0.3, 0.4) is 0 Å². The van der Waals surface area contributed by atoms with Gasteiger partial charge in [0, 0.05) is 6.21 Å². The summed E-state index contributed by atoms with van der Waals surface area (Å²) in [5, 5.41) is 2.44. The normalized spacial score (nSPS) is 12.0. The molecule has 0 spiro atoms. The van der Waals surface area contributed by atoms with E-state index >= 15 is 0 Å².